The zero-order chi connectivity index (χ0) is 46.0. The van der Waals surface area contributed by atoms with Crippen LogP contribution in [0.5, 0.6) is 0 Å². The molecule has 11 nitrogen and oxygen atoms in total. The third kappa shape index (κ3) is 34.0. The van der Waals surface area contributed by atoms with Crippen molar-refractivity contribution < 1.29 is 53.8 Å². The predicted molar refractivity (Wildman–Crippen MR) is 252 cm³/mol. The van der Waals surface area contributed by atoms with Gasteiger partial charge in [-0.2, -0.15) is 0 Å². The Morgan fingerprint density at radius 2 is 0.841 bits per heavy atom. The monoisotopic (exact) mass is 897 g/mol. The summed E-state index contributed by atoms with van der Waals surface area (Å²) in [5.74, 6) is -2.43. The van der Waals surface area contributed by atoms with Crippen LogP contribution in [0.15, 0.2) is 12.2 Å². The molecule has 1 aliphatic rings. The molecule has 0 saturated carbocycles. The van der Waals surface area contributed by atoms with Gasteiger partial charge >= 0.3 is 17.9 Å². The van der Waals surface area contributed by atoms with Gasteiger partial charge in [-0.05, 0) is 38.5 Å². The van der Waals surface area contributed by atoms with Crippen LogP contribution in [0, 0.1) is 0 Å². The predicted octanol–water partition coefficient (Wildman–Crippen LogP) is 12.4. The Balaban J connectivity index is 2.28. The van der Waals surface area contributed by atoms with Crippen molar-refractivity contribution in [3.05, 3.63) is 12.2 Å². The van der Waals surface area contributed by atoms with Crippen molar-refractivity contribution in [3.8, 4) is 0 Å². The summed E-state index contributed by atoms with van der Waals surface area (Å²) in [6.07, 6.45) is 38.3. The van der Waals surface area contributed by atoms with Crippen molar-refractivity contribution in [3.63, 3.8) is 0 Å². The summed E-state index contributed by atoms with van der Waals surface area (Å²) in [4.78, 5) is 37.0. The number of unbranched alkanes of at least 4 members (excludes halogenated alkanes) is 32. The average Bonchev–Trinajstić information content (AvgIpc) is 3.27. The smallest absolute Gasteiger partial charge is 0.335 e. The molecule has 1 rings (SSSR count). The second kappa shape index (κ2) is 42.6. The van der Waals surface area contributed by atoms with Crippen LogP contribution in [0.1, 0.15) is 251 Å². The fraction of sp³-hybridized carbons (Fsp3) is 0.904. The first-order chi connectivity index (χ1) is 30.7. The van der Waals surface area contributed by atoms with Gasteiger partial charge in [-0.25, -0.2) is 4.79 Å². The van der Waals surface area contributed by atoms with Gasteiger partial charge < -0.3 is 39.4 Å². The standard InChI is InChI=1S/C52H96O11/c1-3-5-7-9-11-13-15-17-19-21-23-25-27-29-31-33-35-37-39-41-46(54)62-44(43-61-52-49(57)47(55)48(56)50(63-52)51(58)59)42-60-45(53)40-38-36-34-32-30-28-26-24-22-20-18-16-14-12-10-8-6-4-2/h20,22,44,47-50,52,55-57H,3-19,21,23-43H2,1-2H3,(H,58,59)/b22-20-. The van der Waals surface area contributed by atoms with Crippen LogP contribution in [-0.2, 0) is 33.3 Å². The molecule has 0 aromatic carbocycles. The molecule has 6 atom stereocenters. The minimum absolute atomic E-state index is 0.188. The lowest BCUT2D eigenvalue weighted by Gasteiger charge is -2.38. The highest BCUT2D eigenvalue weighted by molar-refractivity contribution is 5.73. The lowest BCUT2D eigenvalue weighted by molar-refractivity contribution is -0.298. The van der Waals surface area contributed by atoms with E-state index in [0.29, 0.717) is 12.8 Å². The number of allylic oxidation sites excluding steroid dienone is 2. The van der Waals surface area contributed by atoms with E-state index in [9.17, 15) is 34.8 Å². The molecule has 1 fully saturated rings. The molecule has 0 radical (unpaired) electrons. The van der Waals surface area contributed by atoms with Crippen molar-refractivity contribution in [1.82, 2.24) is 0 Å². The van der Waals surface area contributed by atoms with Crippen LogP contribution in [0.2, 0.25) is 0 Å². The zero-order valence-corrected chi connectivity index (χ0v) is 40.3. The molecule has 0 spiro atoms. The van der Waals surface area contributed by atoms with Crippen molar-refractivity contribution in [2.24, 2.45) is 0 Å². The van der Waals surface area contributed by atoms with Gasteiger partial charge in [-0.15, -0.1) is 0 Å². The second-order valence-corrected chi connectivity index (χ2v) is 18.4. The van der Waals surface area contributed by atoms with Gasteiger partial charge in [-0.1, -0.05) is 212 Å². The van der Waals surface area contributed by atoms with Gasteiger partial charge in [0.05, 0.1) is 6.61 Å². The van der Waals surface area contributed by atoms with E-state index in [0.717, 1.165) is 44.9 Å². The molecule has 11 heteroatoms. The molecule has 370 valence electrons. The van der Waals surface area contributed by atoms with Crippen molar-refractivity contribution in [1.29, 1.82) is 0 Å². The maximum atomic E-state index is 12.8. The molecule has 0 aliphatic carbocycles. The normalized spacial score (nSPS) is 19.4. The van der Waals surface area contributed by atoms with E-state index in [1.807, 2.05) is 0 Å². The topological polar surface area (TPSA) is 169 Å². The first kappa shape index (κ1) is 59.0. The Hall–Kier alpha value is -2.05. The quantitative estimate of drug-likeness (QED) is 0.0261. The number of rotatable bonds is 45. The first-order valence-corrected chi connectivity index (χ1v) is 26.2. The van der Waals surface area contributed by atoms with Gasteiger partial charge in [0.15, 0.2) is 18.5 Å². The van der Waals surface area contributed by atoms with E-state index in [4.69, 9.17) is 18.9 Å². The molecule has 0 aromatic rings. The molecule has 0 bridgehead atoms. The molecule has 0 amide bonds. The fourth-order valence-corrected chi connectivity index (χ4v) is 8.23. The highest BCUT2D eigenvalue weighted by Gasteiger charge is 2.47. The maximum Gasteiger partial charge on any atom is 0.335 e. The summed E-state index contributed by atoms with van der Waals surface area (Å²) >= 11 is 0. The SMILES string of the molecule is CCCCCCCCC/C=C\CCCCCCCCCC(=O)OCC(COC1OC(C(=O)O)C(O)C(O)C1O)OC(=O)CCCCCCCCCCCCCCCCCCCCC. The van der Waals surface area contributed by atoms with Crippen LogP contribution in [0.4, 0.5) is 0 Å². The van der Waals surface area contributed by atoms with Crippen molar-refractivity contribution in [2.45, 2.75) is 288 Å². The van der Waals surface area contributed by atoms with Gasteiger partial charge in [0, 0.05) is 12.8 Å². The average molecular weight is 897 g/mol. The highest BCUT2D eigenvalue weighted by Crippen LogP contribution is 2.23. The molecule has 63 heavy (non-hydrogen) atoms. The lowest BCUT2D eigenvalue weighted by atomic mass is 9.99. The molecular weight excluding hydrogens is 801 g/mol. The third-order valence-corrected chi connectivity index (χ3v) is 12.4. The summed E-state index contributed by atoms with van der Waals surface area (Å²) < 4.78 is 21.8. The van der Waals surface area contributed by atoms with E-state index in [-0.39, 0.29) is 26.1 Å². The van der Waals surface area contributed by atoms with Crippen LogP contribution in [-0.4, -0.2) is 88.4 Å². The van der Waals surface area contributed by atoms with Crippen molar-refractivity contribution >= 4 is 17.9 Å². The molecule has 1 saturated heterocycles. The molecule has 0 aromatic heterocycles. The van der Waals surface area contributed by atoms with E-state index in [2.05, 4.69) is 26.0 Å². The number of ether oxygens (including phenoxy) is 4. The summed E-state index contributed by atoms with van der Waals surface area (Å²) in [6.45, 7) is 3.85. The number of aliphatic carboxylic acids is 1. The number of carbonyl (C=O) groups is 3. The Bertz CT molecular complexity index is 1100. The van der Waals surface area contributed by atoms with E-state index >= 15 is 0 Å². The van der Waals surface area contributed by atoms with E-state index in [1.54, 1.807) is 0 Å². The summed E-state index contributed by atoms with van der Waals surface area (Å²) in [5.41, 5.74) is 0. The van der Waals surface area contributed by atoms with E-state index in [1.165, 1.54) is 167 Å². The number of aliphatic hydroxyl groups excluding tert-OH is 3. The summed E-state index contributed by atoms with van der Waals surface area (Å²) in [5, 5.41) is 39.9. The molecule has 1 aliphatic heterocycles. The van der Waals surface area contributed by atoms with Crippen LogP contribution in [0.25, 0.3) is 0 Å². The molecule has 4 N–H and O–H groups in total. The van der Waals surface area contributed by atoms with Gasteiger partial charge in [0.1, 0.15) is 24.9 Å². The number of carbonyl (C=O) groups excluding carboxylic acids is 2. The zero-order valence-electron chi connectivity index (χ0n) is 40.3. The Labute approximate surface area is 384 Å². The molecule has 1 heterocycles. The van der Waals surface area contributed by atoms with Crippen LogP contribution in [0.3, 0.4) is 0 Å². The number of carboxylic acid groups (broad SMARTS) is 1. The van der Waals surface area contributed by atoms with Crippen LogP contribution >= 0.6 is 0 Å². The molecule has 6 unspecified atom stereocenters. The van der Waals surface area contributed by atoms with Gasteiger partial charge in [-0.3, -0.25) is 9.59 Å². The Morgan fingerprint density at radius 3 is 1.24 bits per heavy atom. The summed E-state index contributed by atoms with van der Waals surface area (Å²) in [7, 11) is 0. The minimum atomic E-state index is -1.86. The number of hydrogen-bond donors (Lipinski definition) is 4. The highest BCUT2D eigenvalue weighted by atomic mass is 16.7. The van der Waals surface area contributed by atoms with E-state index < -0.39 is 54.7 Å². The first-order valence-electron chi connectivity index (χ1n) is 26.2. The Kier molecular flexibility index (Phi) is 39.9. The van der Waals surface area contributed by atoms with Crippen LogP contribution < -0.4 is 0 Å². The van der Waals surface area contributed by atoms with Gasteiger partial charge in [0.2, 0.25) is 0 Å². The second-order valence-electron chi connectivity index (χ2n) is 18.4. The fourth-order valence-electron chi connectivity index (χ4n) is 8.23. The third-order valence-electron chi connectivity index (χ3n) is 12.4. The number of hydrogen-bond acceptors (Lipinski definition) is 10. The number of esters is 2. The Morgan fingerprint density at radius 1 is 0.476 bits per heavy atom. The van der Waals surface area contributed by atoms with Crippen molar-refractivity contribution in [2.75, 3.05) is 13.2 Å². The minimum Gasteiger partial charge on any atom is -0.479 e. The number of aliphatic hydroxyl groups is 3. The molecular formula is C52H96O11. The maximum absolute atomic E-state index is 12.8. The van der Waals surface area contributed by atoms with Gasteiger partial charge in [0.25, 0.3) is 0 Å². The lowest BCUT2D eigenvalue weighted by Crippen LogP contribution is -2.60. The largest absolute Gasteiger partial charge is 0.479 e. The summed E-state index contributed by atoms with van der Waals surface area (Å²) in [6, 6.07) is 0. The number of carboxylic acids is 1.